The van der Waals surface area contributed by atoms with Crippen LogP contribution in [0, 0.1) is 0 Å². The second-order valence-electron chi connectivity index (χ2n) is 7.08. The summed E-state index contributed by atoms with van der Waals surface area (Å²) in [7, 11) is 0. The largest absolute Gasteiger partial charge is 0.353 e. The van der Waals surface area contributed by atoms with E-state index in [2.05, 4.69) is 53.8 Å². The van der Waals surface area contributed by atoms with Gasteiger partial charge >= 0.3 is 0 Å². The van der Waals surface area contributed by atoms with Crippen molar-refractivity contribution in [3.8, 4) is 0 Å². The van der Waals surface area contributed by atoms with Gasteiger partial charge in [-0.3, -0.25) is 4.90 Å². The normalized spacial score (nSPS) is 22.4. The van der Waals surface area contributed by atoms with Crippen molar-refractivity contribution in [2.45, 2.75) is 52.0 Å². The Balaban J connectivity index is 1.74. The molecule has 3 rings (SSSR count). The van der Waals surface area contributed by atoms with Gasteiger partial charge in [-0.2, -0.15) is 5.10 Å². The van der Waals surface area contributed by atoms with Crippen molar-refractivity contribution in [3.05, 3.63) is 17.3 Å². The number of hydrogen-bond acceptors (Lipinski definition) is 4. The molecule has 2 aliphatic rings. The zero-order valence-corrected chi connectivity index (χ0v) is 13.2. The minimum Gasteiger partial charge on any atom is -0.353 e. The Morgan fingerprint density at radius 3 is 2.45 bits per heavy atom. The summed E-state index contributed by atoms with van der Waals surface area (Å²) in [6.07, 6.45) is 2.35. The Morgan fingerprint density at radius 2 is 1.80 bits per heavy atom. The highest BCUT2D eigenvalue weighted by atomic mass is 15.3. The van der Waals surface area contributed by atoms with E-state index in [4.69, 9.17) is 0 Å². The van der Waals surface area contributed by atoms with Crippen LogP contribution in [0.2, 0.25) is 0 Å². The molecule has 110 valence electrons. The third kappa shape index (κ3) is 2.41. The number of fused-ring (bicyclic) bond motifs is 1. The van der Waals surface area contributed by atoms with Crippen LogP contribution in [0.1, 0.15) is 45.4 Å². The van der Waals surface area contributed by atoms with Gasteiger partial charge in [0.2, 0.25) is 0 Å². The second-order valence-corrected chi connectivity index (χ2v) is 7.08. The number of piperazine rings is 1. The maximum absolute atomic E-state index is 4.54. The van der Waals surface area contributed by atoms with E-state index in [1.807, 2.05) is 0 Å². The maximum atomic E-state index is 4.54. The fourth-order valence-electron chi connectivity index (χ4n) is 3.37. The van der Waals surface area contributed by atoms with Gasteiger partial charge in [-0.05, 0) is 38.3 Å². The van der Waals surface area contributed by atoms with Gasteiger partial charge in [0, 0.05) is 37.6 Å². The van der Waals surface area contributed by atoms with Crippen LogP contribution in [-0.4, -0.2) is 47.3 Å². The van der Waals surface area contributed by atoms with Crippen LogP contribution in [0.5, 0.6) is 0 Å². The summed E-state index contributed by atoms with van der Waals surface area (Å²) < 4.78 is 0. The first-order valence-corrected chi connectivity index (χ1v) is 7.83. The van der Waals surface area contributed by atoms with E-state index in [-0.39, 0.29) is 5.41 Å². The first-order valence-electron chi connectivity index (χ1n) is 7.83. The van der Waals surface area contributed by atoms with Crippen molar-refractivity contribution in [1.82, 2.24) is 15.1 Å². The van der Waals surface area contributed by atoms with Crippen LogP contribution in [0.3, 0.4) is 0 Å². The lowest BCUT2D eigenvalue weighted by atomic mass is 9.91. The molecule has 0 amide bonds. The summed E-state index contributed by atoms with van der Waals surface area (Å²) in [5.74, 6) is 1.07. The molecule has 0 N–H and O–H groups in total. The highest BCUT2D eigenvalue weighted by Gasteiger charge is 2.32. The number of aromatic nitrogens is 2. The van der Waals surface area contributed by atoms with Gasteiger partial charge in [0.15, 0.2) is 5.82 Å². The molecule has 0 saturated carbocycles. The van der Waals surface area contributed by atoms with Crippen molar-refractivity contribution in [3.63, 3.8) is 0 Å². The first-order chi connectivity index (χ1) is 9.47. The molecule has 0 atom stereocenters. The Hall–Kier alpha value is -1.16. The topological polar surface area (TPSA) is 32.3 Å². The van der Waals surface area contributed by atoms with Gasteiger partial charge < -0.3 is 4.90 Å². The van der Waals surface area contributed by atoms with Gasteiger partial charge in [0.1, 0.15) is 0 Å². The van der Waals surface area contributed by atoms with E-state index >= 15 is 0 Å². The molecular weight excluding hydrogens is 248 g/mol. The third-order valence-electron chi connectivity index (χ3n) is 4.89. The van der Waals surface area contributed by atoms with Crippen LogP contribution in [0.4, 0.5) is 5.82 Å². The van der Waals surface area contributed by atoms with E-state index in [9.17, 15) is 0 Å². The average Bonchev–Trinajstić information content (AvgIpc) is 2.74. The van der Waals surface area contributed by atoms with Crippen LogP contribution in [0.15, 0.2) is 6.07 Å². The number of nitrogens with zero attached hydrogens (tertiary/aromatic N) is 4. The van der Waals surface area contributed by atoms with Gasteiger partial charge in [0.05, 0.1) is 5.69 Å². The lowest BCUT2D eigenvalue weighted by Crippen LogP contribution is -2.49. The van der Waals surface area contributed by atoms with Crippen LogP contribution < -0.4 is 4.90 Å². The molecule has 0 aromatic carbocycles. The predicted octanol–water partition coefficient (Wildman–Crippen LogP) is 2.23. The quantitative estimate of drug-likeness (QED) is 0.828. The van der Waals surface area contributed by atoms with E-state index < -0.39 is 0 Å². The van der Waals surface area contributed by atoms with Gasteiger partial charge in [-0.1, -0.05) is 13.8 Å². The van der Waals surface area contributed by atoms with Gasteiger partial charge in [0.25, 0.3) is 0 Å². The Bertz CT molecular complexity index is 487. The fourth-order valence-corrected chi connectivity index (χ4v) is 3.37. The molecule has 1 aliphatic carbocycles. The lowest BCUT2D eigenvalue weighted by Gasteiger charge is -2.37. The Labute approximate surface area is 122 Å². The van der Waals surface area contributed by atoms with E-state index in [0.717, 1.165) is 38.4 Å². The summed E-state index contributed by atoms with van der Waals surface area (Å²) in [5.41, 5.74) is 2.82. The molecule has 0 bridgehead atoms. The highest BCUT2D eigenvalue weighted by molar-refractivity contribution is 5.45. The molecule has 2 heterocycles. The number of aryl methyl sites for hydroxylation is 1. The highest BCUT2D eigenvalue weighted by Crippen LogP contribution is 2.37. The molecule has 0 spiro atoms. The molecule has 1 fully saturated rings. The van der Waals surface area contributed by atoms with Gasteiger partial charge in [-0.15, -0.1) is 5.10 Å². The molecule has 4 heteroatoms. The third-order valence-corrected chi connectivity index (χ3v) is 4.89. The van der Waals surface area contributed by atoms with E-state index in [1.54, 1.807) is 0 Å². The predicted molar refractivity (Wildman–Crippen MR) is 82.3 cm³/mol. The summed E-state index contributed by atoms with van der Waals surface area (Å²) >= 11 is 0. The minimum absolute atomic E-state index is 0.206. The molecule has 1 aromatic heterocycles. The van der Waals surface area contributed by atoms with Crippen molar-refractivity contribution < 1.29 is 0 Å². The van der Waals surface area contributed by atoms with Crippen molar-refractivity contribution in [2.24, 2.45) is 0 Å². The first kappa shape index (κ1) is 13.8. The molecule has 0 unspecified atom stereocenters. The summed E-state index contributed by atoms with van der Waals surface area (Å²) in [4.78, 5) is 4.91. The monoisotopic (exact) mass is 274 g/mol. The molecule has 1 aliphatic heterocycles. The van der Waals surface area contributed by atoms with Crippen LogP contribution >= 0.6 is 0 Å². The molecular formula is C16H26N4. The number of rotatable bonds is 2. The second kappa shape index (κ2) is 4.99. The van der Waals surface area contributed by atoms with Gasteiger partial charge in [-0.25, -0.2) is 0 Å². The van der Waals surface area contributed by atoms with Crippen molar-refractivity contribution in [2.75, 3.05) is 31.1 Å². The molecule has 0 radical (unpaired) electrons. The van der Waals surface area contributed by atoms with Crippen LogP contribution in [0.25, 0.3) is 0 Å². The number of hydrogen-bond donors (Lipinski definition) is 0. The zero-order valence-electron chi connectivity index (χ0n) is 13.2. The van der Waals surface area contributed by atoms with E-state index in [0.29, 0.717) is 6.04 Å². The molecule has 20 heavy (non-hydrogen) atoms. The summed E-state index contributed by atoms with van der Waals surface area (Å²) in [5, 5.41) is 9.03. The minimum atomic E-state index is 0.206. The SMILES string of the molecule is CC(C)N1CCN(c2cc3c(nn2)C(C)(C)CC3)CC1. The Morgan fingerprint density at radius 1 is 1.10 bits per heavy atom. The summed E-state index contributed by atoms with van der Waals surface area (Å²) in [6.45, 7) is 13.5. The Kier molecular flexibility index (Phi) is 3.44. The van der Waals surface area contributed by atoms with Crippen LogP contribution in [-0.2, 0) is 11.8 Å². The lowest BCUT2D eigenvalue weighted by molar-refractivity contribution is 0.209. The standard InChI is InChI=1S/C16H26N4/c1-12(2)19-7-9-20(10-8-19)14-11-13-5-6-16(3,4)15(13)18-17-14/h11-12H,5-10H2,1-4H3. The van der Waals surface area contributed by atoms with E-state index in [1.165, 1.54) is 17.7 Å². The molecule has 1 aromatic rings. The average molecular weight is 274 g/mol. The molecule has 1 saturated heterocycles. The summed E-state index contributed by atoms with van der Waals surface area (Å²) in [6, 6.07) is 2.92. The molecule has 4 nitrogen and oxygen atoms in total. The fraction of sp³-hybridized carbons (Fsp3) is 0.750. The number of anilines is 1. The zero-order chi connectivity index (χ0) is 14.3. The van der Waals surface area contributed by atoms with Crippen molar-refractivity contribution in [1.29, 1.82) is 0 Å². The maximum Gasteiger partial charge on any atom is 0.151 e. The van der Waals surface area contributed by atoms with Crippen molar-refractivity contribution >= 4 is 5.82 Å². The smallest absolute Gasteiger partial charge is 0.151 e.